The third-order valence-electron chi connectivity index (χ3n) is 0.325. The summed E-state index contributed by atoms with van der Waals surface area (Å²) in [5.41, 5.74) is 0. The number of hydrogen-bond acceptors (Lipinski definition) is 1. The summed E-state index contributed by atoms with van der Waals surface area (Å²) in [7, 11) is 0. The van der Waals surface area contributed by atoms with E-state index >= 15 is 0 Å². The van der Waals surface area contributed by atoms with Crippen LogP contribution in [-0.4, -0.2) is 11.3 Å². The minimum absolute atomic E-state index is 0.870. The monoisotopic (exact) mass is 107 g/mol. The highest BCUT2D eigenvalue weighted by Crippen LogP contribution is 1.90. The minimum atomic E-state index is -1.23. The molecule has 0 fully saturated rings. The Hall–Kier alpha value is -0.240. The summed E-state index contributed by atoms with van der Waals surface area (Å²) in [5, 5.41) is 8.59. The second kappa shape index (κ2) is 2.03. The van der Waals surface area contributed by atoms with Crippen LogP contribution in [0.5, 0.6) is 0 Å². The molecule has 0 aliphatic carbocycles. The van der Waals surface area contributed by atoms with E-state index in [-0.39, 0.29) is 0 Å². The molecule has 1 radical (unpaired) electrons. The zero-order valence-corrected chi connectivity index (χ0v) is 4.03. The molecule has 0 saturated heterocycles. The maximum absolute atomic E-state index is 9.46. The van der Waals surface area contributed by atoms with Gasteiger partial charge in [0.05, 0.1) is 0 Å². The van der Waals surface area contributed by atoms with Gasteiger partial charge in [-0.1, -0.05) is 0 Å². The van der Waals surface area contributed by atoms with Crippen molar-refractivity contribution in [3.05, 3.63) is 0 Å². The molecule has 0 aromatic rings. The first-order chi connectivity index (χ1) is 2.64. The normalized spacial score (nSPS) is 13.7. The molecule has 2 nitrogen and oxygen atoms in total. The van der Waals surface area contributed by atoms with E-state index in [0.29, 0.717) is 0 Å². The summed E-state index contributed by atoms with van der Waals surface area (Å²) in [6, 6.07) is 0. The largest absolute Gasteiger partial charge is 0.372 e. The first-order valence-electron chi connectivity index (χ1n) is 1.49. The number of carbonyl (C=O) groups is 1. The molecule has 0 saturated carbocycles. The van der Waals surface area contributed by atoms with E-state index in [1.54, 1.807) is 0 Å². The average Bonchev–Trinajstić information content (AvgIpc) is 1.36. The summed E-state index contributed by atoms with van der Waals surface area (Å²) in [6.45, 7) is 1.34. The number of rotatable bonds is 1. The minimum Gasteiger partial charge on any atom is -0.246 e. The molecule has 0 heterocycles. The summed E-state index contributed by atoms with van der Waals surface area (Å²) < 4.78 is 0. The molecule has 0 amide bonds. The van der Waals surface area contributed by atoms with Crippen molar-refractivity contribution in [1.82, 2.24) is 0 Å². The van der Waals surface area contributed by atoms with E-state index in [1.807, 2.05) is 0 Å². The van der Waals surface area contributed by atoms with Crippen molar-refractivity contribution >= 4 is 17.6 Å². The van der Waals surface area contributed by atoms with Gasteiger partial charge in [-0.05, 0) is 6.92 Å². The van der Waals surface area contributed by atoms with Gasteiger partial charge in [0, 0.05) is 0 Å². The average molecular weight is 108 g/mol. The molecular weight excluding hydrogens is 103 g/mol. The SMILES string of the molecule is CC(Cl)C([O])=O. The van der Waals surface area contributed by atoms with Crippen molar-refractivity contribution in [3.8, 4) is 0 Å². The van der Waals surface area contributed by atoms with Gasteiger partial charge in [0.1, 0.15) is 5.38 Å². The summed E-state index contributed by atoms with van der Waals surface area (Å²) in [5.74, 6) is -1.23. The van der Waals surface area contributed by atoms with Crippen molar-refractivity contribution in [3.63, 3.8) is 0 Å². The van der Waals surface area contributed by atoms with Crippen molar-refractivity contribution in [2.45, 2.75) is 12.3 Å². The van der Waals surface area contributed by atoms with E-state index in [1.165, 1.54) is 6.92 Å². The fourth-order valence-corrected chi connectivity index (χ4v) is 0. The van der Waals surface area contributed by atoms with Crippen LogP contribution in [0.2, 0.25) is 0 Å². The first kappa shape index (κ1) is 5.76. The Morgan fingerprint density at radius 2 is 2.00 bits per heavy atom. The van der Waals surface area contributed by atoms with E-state index in [2.05, 4.69) is 0 Å². The van der Waals surface area contributed by atoms with Gasteiger partial charge >= 0.3 is 5.97 Å². The van der Waals surface area contributed by atoms with Crippen LogP contribution >= 0.6 is 11.6 Å². The highest BCUT2D eigenvalue weighted by Gasteiger charge is 2.05. The zero-order valence-electron chi connectivity index (χ0n) is 3.27. The number of alkyl halides is 1. The van der Waals surface area contributed by atoms with Crippen molar-refractivity contribution in [2.24, 2.45) is 0 Å². The molecule has 0 aliphatic rings. The van der Waals surface area contributed by atoms with Gasteiger partial charge in [0.15, 0.2) is 0 Å². The first-order valence-corrected chi connectivity index (χ1v) is 1.93. The van der Waals surface area contributed by atoms with Gasteiger partial charge in [-0.15, -0.1) is 11.6 Å². The van der Waals surface area contributed by atoms with E-state index in [0.717, 1.165) is 0 Å². The molecule has 0 aliphatic heterocycles. The zero-order chi connectivity index (χ0) is 5.15. The highest BCUT2D eigenvalue weighted by atomic mass is 35.5. The molecule has 0 spiro atoms. The molecule has 1 atom stereocenters. The lowest BCUT2D eigenvalue weighted by atomic mass is 10.5. The smallest absolute Gasteiger partial charge is 0.246 e. The molecule has 0 N–H and O–H groups in total. The quantitative estimate of drug-likeness (QED) is 0.452. The molecule has 3 heteroatoms. The fourth-order valence-electron chi connectivity index (χ4n) is 0. The lowest BCUT2D eigenvalue weighted by Gasteiger charge is -1.82. The molecule has 35 valence electrons. The Morgan fingerprint density at radius 1 is 1.83 bits per heavy atom. The summed E-state index contributed by atoms with van der Waals surface area (Å²) >= 11 is 4.95. The number of hydrogen-bond donors (Lipinski definition) is 0. The lowest BCUT2D eigenvalue weighted by molar-refractivity contribution is -0.142. The fraction of sp³-hybridized carbons (Fsp3) is 0.667. The van der Waals surface area contributed by atoms with E-state index in [9.17, 15) is 9.90 Å². The number of carbonyl (C=O) groups excluding carboxylic acids is 1. The Bertz CT molecular complexity index is 59.8. The van der Waals surface area contributed by atoms with Crippen LogP contribution < -0.4 is 0 Å². The Balaban J connectivity index is 3.26. The van der Waals surface area contributed by atoms with Crippen LogP contribution in [0.25, 0.3) is 0 Å². The topological polar surface area (TPSA) is 37.0 Å². The van der Waals surface area contributed by atoms with Crippen molar-refractivity contribution < 1.29 is 9.90 Å². The van der Waals surface area contributed by atoms with Gasteiger partial charge in [-0.2, -0.15) is 0 Å². The molecule has 0 rings (SSSR count). The van der Waals surface area contributed by atoms with Crippen LogP contribution in [-0.2, 0) is 9.90 Å². The second-order valence-electron chi connectivity index (χ2n) is 0.935. The van der Waals surface area contributed by atoms with Crippen LogP contribution in [0.4, 0.5) is 0 Å². The maximum atomic E-state index is 9.46. The predicted octanol–water partition coefficient (Wildman–Crippen LogP) is 0.571. The van der Waals surface area contributed by atoms with Gasteiger partial charge in [-0.25, -0.2) is 9.90 Å². The van der Waals surface area contributed by atoms with Crippen molar-refractivity contribution in [1.29, 1.82) is 0 Å². The summed E-state index contributed by atoms with van der Waals surface area (Å²) in [6.07, 6.45) is 0. The standard InChI is InChI=1S/C3H4ClO2/c1-2(4)3(5)6/h2H,1H3. The van der Waals surface area contributed by atoms with Gasteiger partial charge in [-0.3, -0.25) is 0 Å². The third kappa shape index (κ3) is 2.03. The lowest BCUT2D eigenvalue weighted by Crippen LogP contribution is -2.04. The van der Waals surface area contributed by atoms with Gasteiger partial charge in [0.2, 0.25) is 0 Å². The Labute approximate surface area is 40.7 Å². The third-order valence-corrected chi connectivity index (χ3v) is 0.503. The molecule has 6 heavy (non-hydrogen) atoms. The predicted molar refractivity (Wildman–Crippen MR) is 21.0 cm³/mol. The molecule has 0 bridgehead atoms. The highest BCUT2D eigenvalue weighted by molar-refractivity contribution is 6.29. The van der Waals surface area contributed by atoms with Crippen LogP contribution in [0.3, 0.4) is 0 Å². The van der Waals surface area contributed by atoms with Gasteiger partial charge in [0.25, 0.3) is 0 Å². The van der Waals surface area contributed by atoms with Gasteiger partial charge < -0.3 is 0 Å². The van der Waals surface area contributed by atoms with Crippen LogP contribution in [0.1, 0.15) is 6.92 Å². The molecule has 1 unspecified atom stereocenters. The van der Waals surface area contributed by atoms with Crippen LogP contribution in [0, 0.1) is 0 Å². The van der Waals surface area contributed by atoms with Crippen LogP contribution in [0.15, 0.2) is 0 Å². The Morgan fingerprint density at radius 3 is 2.00 bits per heavy atom. The summed E-state index contributed by atoms with van der Waals surface area (Å²) in [4.78, 5) is 9.46. The molecule has 0 aromatic carbocycles. The number of halogens is 1. The Kier molecular flexibility index (Phi) is 1.95. The maximum Gasteiger partial charge on any atom is 0.372 e. The van der Waals surface area contributed by atoms with E-state index < -0.39 is 11.3 Å². The molecule has 0 aromatic heterocycles. The second-order valence-corrected chi connectivity index (χ2v) is 1.59. The van der Waals surface area contributed by atoms with Crippen molar-refractivity contribution in [2.75, 3.05) is 0 Å². The van der Waals surface area contributed by atoms with E-state index in [4.69, 9.17) is 11.6 Å². The molecular formula is C3H4ClO2.